The van der Waals surface area contributed by atoms with E-state index in [1.807, 2.05) is 6.92 Å². The summed E-state index contributed by atoms with van der Waals surface area (Å²) >= 11 is 0. The van der Waals surface area contributed by atoms with Gasteiger partial charge in [0.15, 0.2) is 9.84 Å². The molecule has 6 nitrogen and oxygen atoms in total. The number of sulfone groups is 1. The SMILES string of the molecule is CC1CN(C(=O)c2ccc(S(C)(=O)=O)cc2)CC(CO)O1. The molecule has 2 rings (SSSR count). The number of hydrogen-bond acceptors (Lipinski definition) is 5. The fraction of sp³-hybridized carbons (Fsp3) is 0.500. The first kappa shape index (κ1) is 15.9. The topological polar surface area (TPSA) is 83.9 Å². The van der Waals surface area contributed by atoms with Gasteiger partial charge in [0.25, 0.3) is 5.91 Å². The molecule has 2 atom stereocenters. The standard InChI is InChI=1S/C14H19NO5S/c1-10-7-15(8-12(9-16)20-10)14(17)11-3-5-13(6-4-11)21(2,18)19/h3-6,10,12,16H,7-9H2,1-2H3. The Balaban J connectivity index is 2.16. The van der Waals surface area contributed by atoms with E-state index < -0.39 is 9.84 Å². The summed E-state index contributed by atoms with van der Waals surface area (Å²) in [5.41, 5.74) is 0.424. The second kappa shape index (κ2) is 6.13. The van der Waals surface area contributed by atoms with Crippen LogP contribution in [0.3, 0.4) is 0 Å². The van der Waals surface area contributed by atoms with E-state index in [4.69, 9.17) is 4.74 Å². The number of hydrogen-bond donors (Lipinski definition) is 1. The average Bonchev–Trinajstić information content (AvgIpc) is 2.45. The van der Waals surface area contributed by atoms with Gasteiger partial charge in [0.2, 0.25) is 0 Å². The summed E-state index contributed by atoms with van der Waals surface area (Å²) in [6.07, 6.45) is 0.599. The zero-order valence-corrected chi connectivity index (χ0v) is 12.8. The van der Waals surface area contributed by atoms with Crippen molar-refractivity contribution < 1.29 is 23.1 Å². The Kier molecular flexibility index (Phi) is 4.65. The molecule has 1 aliphatic heterocycles. The molecule has 0 saturated carbocycles. The van der Waals surface area contributed by atoms with Crippen LogP contribution in [0.4, 0.5) is 0 Å². The molecule has 1 aromatic rings. The fourth-order valence-corrected chi connectivity index (χ4v) is 2.97. The number of rotatable bonds is 3. The van der Waals surface area contributed by atoms with Gasteiger partial charge in [-0.25, -0.2) is 8.42 Å². The van der Waals surface area contributed by atoms with Crippen molar-refractivity contribution in [3.8, 4) is 0 Å². The van der Waals surface area contributed by atoms with Crippen molar-refractivity contribution >= 4 is 15.7 Å². The maximum Gasteiger partial charge on any atom is 0.254 e. The number of ether oxygens (including phenoxy) is 1. The first-order chi connectivity index (χ1) is 9.81. The molecule has 1 amide bonds. The molecule has 1 aromatic carbocycles. The second-order valence-electron chi connectivity index (χ2n) is 5.26. The normalized spacial score (nSPS) is 23.1. The molecule has 0 bridgehead atoms. The van der Waals surface area contributed by atoms with E-state index in [9.17, 15) is 18.3 Å². The van der Waals surface area contributed by atoms with Gasteiger partial charge in [0.1, 0.15) is 0 Å². The Bertz CT molecular complexity index is 611. The monoisotopic (exact) mass is 313 g/mol. The molecule has 0 aliphatic carbocycles. The lowest BCUT2D eigenvalue weighted by atomic mass is 10.1. The Morgan fingerprint density at radius 3 is 2.48 bits per heavy atom. The minimum Gasteiger partial charge on any atom is -0.394 e. The summed E-state index contributed by atoms with van der Waals surface area (Å²) in [5.74, 6) is -0.191. The van der Waals surface area contributed by atoms with Crippen LogP contribution in [-0.4, -0.2) is 62.5 Å². The van der Waals surface area contributed by atoms with Crippen molar-refractivity contribution in [2.75, 3.05) is 26.0 Å². The fourth-order valence-electron chi connectivity index (χ4n) is 2.34. The van der Waals surface area contributed by atoms with Gasteiger partial charge in [0.05, 0.1) is 23.7 Å². The lowest BCUT2D eigenvalue weighted by molar-refractivity contribution is -0.0858. The molecular weight excluding hydrogens is 294 g/mol. The summed E-state index contributed by atoms with van der Waals surface area (Å²) in [5, 5.41) is 9.18. The molecule has 0 radical (unpaired) electrons. The van der Waals surface area contributed by atoms with Gasteiger partial charge < -0.3 is 14.7 Å². The smallest absolute Gasteiger partial charge is 0.254 e. The summed E-state index contributed by atoms with van der Waals surface area (Å²) < 4.78 is 28.3. The number of morpholine rings is 1. The van der Waals surface area contributed by atoms with Crippen molar-refractivity contribution in [2.45, 2.75) is 24.0 Å². The van der Waals surface area contributed by atoms with Crippen LogP contribution in [0.5, 0.6) is 0 Å². The van der Waals surface area contributed by atoms with Gasteiger partial charge in [-0.2, -0.15) is 0 Å². The predicted molar refractivity (Wildman–Crippen MR) is 76.9 cm³/mol. The van der Waals surface area contributed by atoms with Gasteiger partial charge >= 0.3 is 0 Å². The Hall–Kier alpha value is -1.44. The summed E-state index contributed by atoms with van der Waals surface area (Å²) in [6, 6.07) is 5.87. The van der Waals surface area contributed by atoms with E-state index in [1.165, 1.54) is 24.3 Å². The number of benzene rings is 1. The third-order valence-electron chi connectivity index (χ3n) is 3.35. The quantitative estimate of drug-likeness (QED) is 0.868. The molecule has 1 heterocycles. The number of carbonyl (C=O) groups is 1. The van der Waals surface area contributed by atoms with Crippen molar-refractivity contribution in [1.82, 2.24) is 4.90 Å². The predicted octanol–water partition coefficient (Wildman–Crippen LogP) is 0.312. The van der Waals surface area contributed by atoms with Crippen LogP contribution in [0, 0.1) is 0 Å². The number of amides is 1. The molecule has 1 aliphatic rings. The van der Waals surface area contributed by atoms with Crippen molar-refractivity contribution in [1.29, 1.82) is 0 Å². The van der Waals surface area contributed by atoms with E-state index in [0.29, 0.717) is 18.7 Å². The summed E-state index contributed by atoms with van der Waals surface area (Å²) in [4.78, 5) is 14.2. The van der Waals surface area contributed by atoms with Crippen LogP contribution in [0.1, 0.15) is 17.3 Å². The van der Waals surface area contributed by atoms with Gasteiger partial charge in [0, 0.05) is 24.9 Å². The molecule has 0 aromatic heterocycles. The molecule has 21 heavy (non-hydrogen) atoms. The van der Waals surface area contributed by atoms with Crippen LogP contribution in [0.2, 0.25) is 0 Å². The summed E-state index contributed by atoms with van der Waals surface area (Å²) in [7, 11) is -3.27. The third-order valence-corrected chi connectivity index (χ3v) is 4.48. The first-order valence-corrected chi connectivity index (χ1v) is 8.56. The average molecular weight is 313 g/mol. The highest BCUT2D eigenvalue weighted by molar-refractivity contribution is 7.90. The molecule has 2 unspecified atom stereocenters. The number of aliphatic hydroxyl groups is 1. The molecule has 0 spiro atoms. The minimum atomic E-state index is -3.27. The minimum absolute atomic E-state index is 0.138. The second-order valence-corrected chi connectivity index (χ2v) is 7.27. The third kappa shape index (κ3) is 3.81. The van der Waals surface area contributed by atoms with Gasteiger partial charge in [-0.05, 0) is 31.2 Å². The largest absolute Gasteiger partial charge is 0.394 e. The van der Waals surface area contributed by atoms with Crippen molar-refractivity contribution in [2.24, 2.45) is 0 Å². The van der Waals surface area contributed by atoms with Crippen LogP contribution < -0.4 is 0 Å². The van der Waals surface area contributed by atoms with Crippen LogP contribution in [0.25, 0.3) is 0 Å². The number of nitrogens with zero attached hydrogens (tertiary/aromatic N) is 1. The molecule has 116 valence electrons. The highest BCUT2D eigenvalue weighted by atomic mass is 32.2. The zero-order chi connectivity index (χ0) is 15.6. The van der Waals surface area contributed by atoms with Crippen molar-refractivity contribution in [3.63, 3.8) is 0 Å². The van der Waals surface area contributed by atoms with Crippen LogP contribution in [-0.2, 0) is 14.6 Å². The Labute approximate surface area is 124 Å². The Morgan fingerprint density at radius 1 is 1.33 bits per heavy atom. The lowest BCUT2D eigenvalue weighted by Gasteiger charge is -2.36. The van der Waals surface area contributed by atoms with E-state index in [2.05, 4.69) is 0 Å². The molecular formula is C14H19NO5S. The summed E-state index contributed by atoms with van der Waals surface area (Å²) in [6.45, 7) is 2.48. The molecule has 1 saturated heterocycles. The van der Waals surface area contributed by atoms with Crippen LogP contribution in [0.15, 0.2) is 29.2 Å². The molecule has 1 fully saturated rings. The highest BCUT2D eigenvalue weighted by Gasteiger charge is 2.28. The number of carbonyl (C=O) groups excluding carboxylic acids is 1. The van der Waals surface area contributed by atoms with E-state index >= 15 is 0 Å². The Morgan fingerprint density at radius 2 is 1.95 bits per heavy atom. The zero-order valence-electron chi connectivity index (χ0n) is 12.0. The van der Waals surface area contributed by atoms with Crippen LogP contribution >= 0.6 is 0 Å². The molecule has 1 N–H and O–H groups in total. The number of aliphatic hydroxyl groups excluding tert-OH is 1. The van der Waals surface area contributed by atoms with Gasteiger partial charge in [-0.1, -0.05) is 0 Å². The van der Waals surface area contributed by atoms with Crippen molar-refractivity contribution in [3.05, 3.63) is 29.8 Å². The van der Waals surface area contributed by atoms with Gasteiger partial charge in [-0.15, -0.1) is 0 Å². The van der Waals surface area contributed by atoms with Gasteiger partial charge in [-0.3, -0.25) is 4.79 Å². The molecule has 7 heteroatoms. The van der Waals surface area contributed by atoms with E-state index in [1.54, 1.807) is 4.90 Å². The maximum absolute atomic E-state index is 12.4. The highest BCUT2D eigenvalue weighted by Crippen LogP contribution is 2.16. The van der Waals surface area contributed by atoms with E-state index in [0.717, 1.165) is 6.26 Å². The lowest BCUT2D eigenvalue weighted by Crippen LogP contribution is -2.50. The maximum atomic E-state index is 12.4. The van der Waals surface area contributed by atoms with E-state index in [-0.39, 0.29) is 29.6 Å². The first-order valence-electron chi connectivity index (χ1n) is 6.67.